The van der Waals surface area contributed by atoms with Gasteiger partial charge in [0, 0.05) is 11.4 Å². The van der Waals surface area contributed by atoms with Crippen LogP contribution in [0.15, 0.2) is 47.7 Å². The molecule has 1 atom stereocenters. The zero-order chi connectivity index (χ0) is 21.3. The van der Waals surface area contributed by atoms with Gasteiger partial charge in [-0.15, -0.1) is 0 Å². The van der Waals surface area contributed by atoms with E-state index in [2.05, 4.69) is 5.32 Å². The predicted molar refractivity (Wildman–Crippen MR) is 116 cm³/mol. The van der Waals surface area contributed by atoms with Crippen LogP contribution in [-0.4, -0.2) is 30.4 Å². The van der Waals surface area contributed by atoms with Crippen molar-refractivity contribution in [3.05, 3.63) is 64.4 Å². The minimum Gasteiger partial charge on any atom is -0.504 e. The summed E-state index contributed by atoms with van der Waals surface area (Å²) in [6, 6.07) is 10.4. The molecule has 29 heavy (non-hydrogen) atoms. The molecule has 1 aliphatic heterocycles. The number of aryl methyl sites for hydroxylation is 2. The van der Waals surface area contributed by atoms with Gasteiger partial charge in [0.2, 0.25) is 0 Å². The molecule has 0 aromatic heterocycles. The maximum absolute atomic E-state index is 12.7. The molecule has 1 aliphatic rings. The number of hydrogen-bond acceptors (Lipinski definition) is 5. The Bertz CT molecular complexity index is 1020. The minimum absolute atomic E-state index is 0.0174. The highest BCUT2D eigenvalue weighted by atomic mass is 32.1. The smallest absolute Gasteiger partial charge is 0.337 e. The van der Waals surface area contributed by atoms with Crippen molar-refractivity contribution in [2.75, 3.05) is 19.1 Å². The number of carbonyl (C=O) groups excluding carboxylic acids is 1. The summed E-state index contributed by atoms with van der Waals surface area (Å²) in [6.07, 6.45) is 0. The Morgan fingerprint density at radius 2 is 1.83 bits per heavy atom. The SMILES string of the molecule is COC(=O)C1=C(C)N(c2ccc(C)c(C)c2)C(=S)N[C@H]1c1ccc(OC)c(O)c1. The molecule has 0 unspecified atom stereocenters. The number of carbonyl (C=O) groups is 1. The first-order valence-electron chi connectivity index (χ1n) is 9.12. The van der Waals surface area contributed by atoms with E-state index in [9.17, 15) is 9.90 Å². The van der Waals surface area contributed by atoms with E-state index in [1.165, 1.54) is 19.8 Å². The van der Waals surface area contributed by atoms with Gasteiger partial charge < -0.3 is 19.9 Å². The van der Waals surface area contributed by atoms with Crippen LogP contribution in [0.3, 0.4) is 0 Å². The zero-order valence-corrected chi connectivity index (χ0v) is 17.9. The molecule has 0 amide bonds. The summed E-state index contributed by atoms with van der Waals surface area (Å²) in [5.41, 5.74) is 4.92. The number of ether oxygens (including phenoxy) is 2. The van der Waals surface area contributed by atoms with Gasteiger partial charge in [0.05, 0.1) is 25.8 Å². The van der Waals surface area contributed by atoms with E-state index in [-0.39, 0.29) is 5.75 Å². The number of hydrogen-bond donors (Lipinski definition) is 2. The van der Waals surface area contributed by atoms with Crippen molar-refractivity contribution < 1.29 is 19.4 Å². The Labute approximate surface area is 175 Å². The number of benzene rings is 2. The normalized spacial score (nSPS) is 16.5. The van der Waals surface area contributed by atoms with Crippen molar-refractivity contribution in [1.29, 1.82) is 0 Å². The number of nitrogens with one attached hydrogen (secondary N) is 1. The summed E-state index contributed by atoms with van der Waals surface area (Å²) < 4.78 is 10.2. The van der Waals surface area contributed by atoms with Gasteiger partial charge in [-0.25, -0.2) is 4.79 Å². The fourth-order valence-electron chi connectivity index (χ4n) is 3.43. The summed E-state index contributed by atoms with van der Waals surface area (Å²) in [7, 11) is 2.83. The molecule has 0 bridgehead atoms. The van der Waals surface area contributed by atoms with Crippen molar-refractivity contribution in [3.8, 4) is 11.5 Å². The van der Waals surface area contributed by atoms with E-state index in [4.69, 9.17) is 21.7 Å². The van der Waals surface area contributed by atoms with Crippen LogP contribution < -0.4 is 15.0 Å². The average Bonchev–Trinajstić information content (AvgIpc) is 2.69. The van der Waals surface area contributed by atoms with Crippen LogP contribution in [0, 0.1) is 13.8 Å². The number of thiocarbonyl (C=S) groups is 1. The van der Waals surface area contributed by atoms with Crippen molar-refractivity contribution >= 4 is 29.0 Å². The largest absolute Gasteiger partial charge is 0.504 e. The Kier molecular flexibility index (Phi) is 5.79. The molecule has 152 valence electrons. The van der Waals surface area contributed by atoms with Gasteiger partial charge in [-0.05, 0) is 73.9 Å². The molecule has 3 rings (SSSR count). The lowest BCUT2D eigenvalue weighted by atomic mass is 9.94. The number of rotatable bonds is 4. The first kappa shape index (κ1) is 20.7. The van der Waals surface area contributed by atoms with Gasteiger partial charge in [-0.3, -0.25) is 4.90 Å². The fourth-order valence-corrected chi connectivity index (χ4v) is 3.79. The molecule has 0 saturated heterocycles. The number of anilines is 1. The number of allylic oxidation sites excluding steroid dienone is 1. The molecule has 2 aromatic rings. The summed E-state index contributed by atoms with van der Waals surface area (Å²) >= 11 is 5.64. The summed E-state index contributed by atoms with van der Waals surface area (Å²) in [6.45, 7) is 5.91. The van der Waals surface area contributed by atoms with Gasteiger partial charge in [0.25, 0.3) is 0 Å². The number of aromatic hydroxyl groups is 1. The van der Waals surface area contributed by atoms with E-state index in [1.807, 2.05) is 43.9 Å². The Balaban J connectivity index is 2.14. The molecule has 1 heterocycles. The van der Waals surface area contributed by atoms with Gasteiger partial charge in [-0.2, -0.15) is 0 Å². The van der Waals surface area contributed by atoms with E-state index in [1.54, 1.807) is 18.2 Å². The number of phenols is 1. The highest BCUT2D eigenvalue weighted by Crippen LogP contribution is 2.37. The third kappa shape index (κ3) is 3.78. The van der Waals surface area contributed by atoms with Crippen LogP contribution >= 0.6 is 12.2 Å². The van der Waals surface area contributed by atoms with Gasteiger partial charge in [-0.1, -0.05) is 12.1 Å². The number of esters is 1. The second-order valence-electron chi connectivity index (χ2n) is 6.91. The van der Waals surface area contributed by atoms with Crippen molar-refractivity contribution in [2.24, 2.45) is 0 Å². The Morgan fingerprint density at radius 1 is 1.10 bits per heavy atom. The number of methoxy groups -OCH3 is 2. The third-order valence-corrected chi connectivity index (χ3v) is 5.48. The van der Waals surface area contributed by atoms with E-state index in [0.29, 0.717) is 27.7 Å². The second-order valence-corrected chi connectivity index (χ2v) is 7.30. The summed E-state index contributed by atoms with van der Waals surface area (Å²) in [4.78, 5) is 14.5. The van der Waals surface area contributed by atoms with Crippen molar-refractivity contribution in [1.82, 2.24) is 5.32 Å². The molecule has 7 heteroatoms. The lowest BCUT2D eigenvalue weighted by Crippen LogP contribution is -2.48. The molecule has 0 saturated carbocycles. The maximum atomic E-state index is 12.7. The molecular weight excluding hydrogens is 388 g/mol. The fraction of sp³-hybridized carbons (Fsp3) is 0.273. The molecule has 2 aromatic carbocycles. The lowest BCUT2D eigenvalue weighted by Gasteiger charge is -2.37. The van der Waals surface area contributed by atoms with Crippen LogP contribution in [0.2, 0.25) is 0 Å². The molecular formula is C22H24N2O4S. The first-order chi connectivity index (χ1) is 13.8. The number of nitrogens with zero attached hydrogens (tertiary/aromatic N) is 1. The van der Waals surface area contributed by atoms with Gasteiger partial charge in [0.15, 0.2) is 16.6 Å². The second kappa shape index (κ2) is 8.13. The maximum Gasteiger partial charge on any atom is 0.337 e. The molecule has 0 radical (unpaired) electrons. The highest BCUT2D eigenvalue weighted by molar-refractivity contribution is 7.80. The van der Waals surface area contributed by atoms with Crippen LogP contribution in [-0.2, 0) is 9.53 Å². The van der Waals surface area contributed by atoms with Crippen molar-refractivity contribution in [3.63, 3.8) is 0 Å². The monoisotopic (exact) mass is 412 g/mol. The summed E-state index contributed by atoms with van der Waals surface area (Å²) in [5, 5.41) is 13.9. The van der Waals surface area contributed by atoms with Gasteiger partial charge >= 0.3 is 5.97 Å². The predicted octanol–water partition coefficient (Wildman–Crippen LogP) is 3.90. The average molecular weight is 413 g/mol. The first-order valence-corrected chi connectivity index (χ1v) is 9.53. The van der Waals surface area contributed by atoms with E-state index >= 15 is 0 Å². The Morgan fingerprint density at radius 3 is 2.41 bits per heavy atom. The van der Waals surface area contributed by atoms with Crippen LogP contribution in [0.5, 0.6) is 11.5 Å². The van der Waals surface area contributed by atoms with Gasteiger partial charge in [0.1, 0.15) is 0 Å². The van der Waals surface area contributed by atoms with Crippen LogP contribution in [0.1, 0.15) is 29.7 Å². The zero-order valence-electron chi connectivity index (χ0n) is 17.1. The molecule has 0 spiro atoms. The quantitative estimate of drug-likeness (QED) is 0.583. The number of phenolic OH excluding ortho intramolecular Hbond substituents is 1. The standard InChI is InChI=1S/C22H24N2O4S/c1-12-6-8-16(10-13(12)2)24-14(3)19(21(26)28-5)20(23-22(24)29)15-7-9-18(27-4)17(25)11-15/h6-11,20,25H,1-5H3,(H,23,29)/t20-/m0/s1. The lowest BCUT2D eigenvalue weighted by molar-refractivity contribution is -0.136. The van der Waals surface area contributed by atoms with Crippen LogP contribution in [0.25, 0.3) is 0 Å². The van der Waals surface area contributed by atoms with Crippen molar-refractivity contribution in [2.45, 2.75) is 26.8 Å². The minimum atomic E-state index is -0.561. The molecule has 6 nitrogen and oxygen atoms in total. The van der Waals surface area contributed by atoms with Crippen LogP contribution in [0.4, 0.5) is 5.69 Å². The molecule has 0 fully saturated rings. The van der Waals surface area contributed by atoms with E-state index in [0.717, 1.165) is 11.3 Å². The Hall–Kier alpha value is -3.06. The van der Waals surface area contributed by atoms with E-state index < -0.39 is 12.0 Å². The summed E-state index contributed by atoms with van der Waals surface area (Å²) in [5.74, 6) is -0.132. The highest BCUT2D eigenvalue weighted by Gasteiger charge is 2.35. The molecule has 2 N–H and O–H groups in total. The third-order valence-electron chi connectivity index (χ3n) is 5.18. The molecule has 0 aliphatic carbocycles. The topological polar surface area (TPSA) is 71.0 Å².